The van der Waals surface area contributed by atoms with E-state index in [1.165, 1.54) is 0 Å². The number of hydrogen-bond donors (Lipinski definition) is 0. The molecule has 0 bridgehead atoms. The molecule has 0 aliphatic carbocycles. The van der Waals surface area contributed by atoms with Crippen molar-refractivity contribution in [1.82, 2.24) is 0 Å². The van der Waals surface area contributed by atoms with Crippen LogP contribution in [0.15, 0.2) is 67.8 Å². The Bertz CT molecular complexity index is 507. The van der Waals surface area contributed by atoms with Gasteiger partial charge in [0.05, 0.1) is 0 Å². The normalized spacial score (nSPS) is 9.75. The molecule has 0 heteroatoms. The van der Waals surface area contributed by atoms with Gasteiger partial charge in [0.15, 0.2) is 0 Å². The van der Waals surface area contributed by atoms with Crippen LogP contribution in [-0.4, -0.2) is 0 Å². The Morgan fingerprint density at radius 1 is 0.875 bits per heavy atom. The second kappa shape index (κ2) is 4.63. The van der Waals surface area contributed by atoms with Gasteiger partial charge in [0, 0.05) is 0 Å². The monoisotopic (exact) mass is 206 g/mol. The van der Waals surface area contributed by atoms with Gasteiger partial charge in [-0.25, -0.2) is 0 Å². The van der Waals surface area contributed by atoms with Gasteiger partial charge in [-0.3, -0.25) is 0 Å². The van der Waals surface area contributed by atoms with Crippen LogP contribution in [0.25, 0.3) is 11.6 Å². The summed E-state index contributed by atoms with van der Waals surface area (Å²) in [6.45, 7) is 7.98. The molecule has 0 N–H and O–H groups in total. The highest BCUT2D eigenvalue weighted by Gasteiger charge is 2.04. The highest BCUT2D eigenvalue weighted by atomic mass is 14.1. The molecule has 0 aromatic heterocycles. The van der Waals surface area contributed by atoms with Gasteiger partial charge < -0.3 is 0 Å². The molecule has 2 aromatic rings. The highest BCUT2D eigenvalue weighted by Crippen LogP contribution is 2.24. The second-order valence-corrected chi connectivity index (χ2v) is 3.64. The predicted octanol–water partition coefficient (Wildman–Crippen LogP) is 4.39. The van der Waals surface area contributed by atoms with Gasteiger partial charge in [-0.2, -0.15) is 0 Å². The molecule has 0 aliphatic rings. The molecule has 16 heavy (non-hydrogen) atoms. The van der Waals surface area contributed by atoms with E-state index in [-0.39, 0.29) is 0 Å². The molecule has 0 spiro atoms. The van der Waals surface area contributed by atoms with Crippen molar-refractivity contribution in [3.05, 3.63) is 84.4 Å². The van der Waals surface area contributed by atoms with Crippen molar-refractivity contribution in [3.63, 3.8) is 0 Å². The summed E-state index contributed by atoms with van der Waals surface area (Å²) in [5.74, 6) is 0. The Hall–Kier alpha value is -2.08. The molecule has 0 nitrogen and oxygen atoms in total. The zero-order valence-corrected chi connectivity index (χ0v) is 9.19. The lowest BCUT2D eigenvalue weighted by molar-refractivity contribution is 1.53. The Kier molecular flexibility index (Phi) is 3.02. The fourth-order valence-electron chi connectivity index (χ4n) is 1.74. The van der Waals surface area contributed by atoms with Crippen LogP contribution in [0.2, 0.25) is 0 Å². The first-order valence-electron chi connectivity index (χ1n) is 5.29. The average molecular weight is 206 g/mol. The van der Waals surface area contributed by atoms with E-state index in [1.54, 1.807) is 0 Å². The van der Waals surface area contributed by atoms with Crippen LogP contribution in [0.5, 0.6) is 0 Å². The Morgan fingerprint density at radius 3 is 2.19 bits per heavy atom. The summed E-state index contributed by atoms with van der Waals surface area (Å²) in [5.41, 5.74) is 4.45. The van der Waals surface area contributed by atoms with Crippen LogP contribution >= 0.6 is 0 Å². The topological polar surface area (TPSA) is 0 Å². The minimum atomic E-state index is 1.04. The van der Waals surface area contributed by atoms with E-state index < -0.39 is 0 Å². The van der Waals surface area contributed by atoms with Crippen molar-refractivity contribution < 1.29 is 0 Å². The first kappa shape index (κ1) is 10.4. The van der Waals surface area contributed by atoms with Crippen LogP contribution in [0.4, 0.5) is 0 Å². The van der Waals surface area contributed by atoms with Crippen molar-refractivity contribution in [2.24, 2.45) is 0 Å². The maximum atomic E-state index is 4.16. The third-order valence-corrected chi connectivity index (χ3v) is 2.63. The molecule has 0 unspecified atom stereocenters. The molecule has 2 aromatic carbocycles. The highest BCUT2D eigenvalue weighted by molar-refractivity contribution is 5.82. The maximum absolute atomic E-state index is 4.16. The lowest BCUT2D eigenvalue weighted by Crippen LogP contribution is -1.89. The van der Waals surface area contributed by atoms with Crippen LogP contribution in [0.3, 0.4) is 0 Å². The van der Waals surface area contributed by atoms with E-state index >= 15 is 0 Å². The zero-order valence-electron chi connectivity index (χ0n) is 9.19. The smallest absolute Gasteiger partial charge is 0.0112 e. The minimum absolute atomic E-state index is 1.04. The van der Waals surface area contributed by atoms with Crippen LogP contribution in [-0.2, 0) is 0 Å². The predicted molar refractivity (Wildman–Crippen MR) is 71.1 cm³/mol. The van der Waals surface area contributed by atoms with Crippen LogP contribution < -0.4 is 0 Å². The van der Waals surface area contributed by atoms with Crippen molar-refractivity contribution in [1.29, 1.82) is 0 Å². The van der Waals surface area contributed by atoms with Gasteiger partial charge >= 0.3 is 0 Å². The second-order valence-electron chi connectivity index (χ2n) is 3.64. The van der Waals surface area contributed by atoms with Gasteiger partial charge in [-0.05, 0) is 22.3 Å². The van der Waals surface area contributed by atoms with Crippen molar-refractivity contribution in [2.75, 3.05) is 0 Å². The summed E-state index contributed by atoms with van der Waals surface area (Å²) in [5, 5.41) is 0. The molecule has 0 fully saturated rings. The molecule has 0 radical (unpaired) electrons. The largest absolute Gasteiger partial charge is 0.0984 e. The summed E-state index contributed by atoms with van der Waals surface area (Å²) in [4.78, 5) is 0. The average Bonchev–Trinajstić information content (AvgIpc) is 2.39. The summed E-state index contributed by atoms with van der Waals surface area (Å²) in [7, 11) is 0. The fraction of sp³-hybridized carbons (Fsp3) is 0. The molecule has 2 rings (SSSR count). The third-order valence-electron chi connectivity index (χ3n) is 2.63. The first-order chi connectivity index (χ1) is 7.83. The Balaban J connectivity index is 2.46. The maximum Gasteiger partial charge on any atom is -0.0112 e. The van der Waals surface area contributed by atoms with E-state index in [4.69, 9.17) is 0 Å². The third kappa shape index (κ3) is 1.96. The minimum Gasteiger partial charge on any atom is -0.0984 e. The first-order valence-corrected chi connectivity index (χ1v) is 5.29. The van der Waals surface area contributed by atoms with E-state index in [0.717, 1.165) is 22.3 Å². The molecular weight excluding hydrogens is 192 g/mol. The lowest BCUT2D eigenvalue weighted by Gasteiger charge is -2.09. The number of rotatable bonds is 3. The molecule has 0 aliphatic heterocycles. The Morgan fingerprint density at radius 2 is 1.50 bits per heavy atom. The number of benzene rings is 2. The van der Waals surface area contributed by atoms with Crippen LogP contribution in [0, 0.1) is 0 Å². The lowest BCUT2D eigenvalue weighted by atomic mass is 9.95. The van der Waals surface area contributed by atoms with Gasteiger partial charge in [0.2, 0.25) is 0 Å². The van der Waals surface area contributed by atoms with E-state index in [9.17, 15) is 0 Å². The number of hydrogen-bond acceptors (Lipinski definition) is 0. The molecule has 0 saturated heterocycles. The quantitative estimate of drug-likeness (QED) is 0.698. The van der Waals surface area contributed by atoms with E-state index in [2.05, 4.69) is 37.4 Å². The van der Waals surface area contributed by atoms with Gasteiger partial charge in [0.25, 0.3) is 0 Å². The van der Waals surface area contributed by atoms with Gasteiger partial charge in [-0.1, -0.05) is 73.8 Å². The zero-order chi connectivity index (χ0) is 11.4. The summed E-state index contributed by atoms with van der Waals surface area (Å²) >= 11 is 0. The standard InChI is InChI=1S/C16H14/c1-3-14-9-7-8-12-16(14)13(2)15-10-5-4-6-11-15/h3-12H,1-2H2. The van der Waals surface area contributed by atoms with Crippen molar-refractivity contribution in [2.45, 2.75) is 0 Å². The molecule has 0 atom stereocenters. The summed E-state index contributed by atoms with van der Waals surface area (Å²) in [6, 6.07) is 18.4. The van der Waals surface area contributed by atoms with Crippen molar-refractivity contribution in [3.8, 4) is 0 Å². The molecule has 0 saturated carbocycles. The molecule has 0 amide bonds. The summed E-state index contributed by atoms with van der Waals surface area (Å²) in [6.07, 6.45) is 1.86. The Labute approximate surface area is 96.6 Å². The van der Waals surface area contributed by atoms with Gasteiger partial charge in [-0.15, -0.1) is 0 Å². The van der Waals surface area contributed by atoms with Crippen molar-refractivity contribution >= 4 is 11.6 Å². The van der Waals surface area contributed by atoms with Crippen LogP contribution in [0.1, 0.15) is 16.7 Å². The van der Waals surface area contributed by atoms with E-state index in [1.807, 2.05) is 36.4 Å². The SMILES string of the molecule is C=Cc1ccccc1C(=C)c1ccccc1. The molecule has 0 heterocycles. The van der Waals surface area contributed by atoms with Gasteiger partial charge in [0.1, 0.15) is 0 Å². The fourth-order valence-corrected chi connectivity index (χ4v) is 1.74. The molecule has 78 valence electrons. The summed E-state index contributed by atoms with van der Waals surface area (Å²) < 4.78 is 0. The van der Waals surface area contributed by atoms with E-state index in [0.29, 0.717) is 0 Å². The molecular formula is C16H14.